The number of thiazole rings is 1. The van der Waals surface area contributed by atoms with E-state index >= 15 is 0 Å². The molecule has 0 bridgehead atoms. The number of nitrogens with one attached hydrogen (secondary N) is 2. The number of nitrogens with zero attached hydrogens (tertiary/aromatic N) is 1. The van der Waals surface area contributed by atoms with Crippen LogP contribution in [0, 0.1) is 12.7 Å². The summed E-state index contributed by atoms with van der Waals surface area (Å²) in [4.78, 5) is 28.2. The zero-order chi connectivity index (χ0) is 17.8. The van der Waals surface area contributed by atoms with E-state index in [4.69, 9.17) is 4.42 Å². The second-order valence-electron chi connectivity index (χ2n) is 5.26. The minimum absolute atomic E-state index is 0.0456. The van der Waals surface area contributed by atoms with Gasteiger partial charge in [0.05, 0.1) is 18.4 Å². The first kappa shape index (κ1) is 16.8. The van der Waals surface area contributed by atoms with Crippen molar-refractivity contribution in [2.75, 3.05) is 10.6 Å². The zero-order valence-corrected chi connectivity index (χ0v) is 14.0. The molecule has 3 aromatic rings. The Morgan fingerprint density at radius 2 is 2.12 bits per heavy atom. The average molecular weight is 359 g/mol. The molecule has 2 aromatic heterocycles. The highest BCUT2D eigenvalue weighted by atomic mass is 32.1. The topological polar surface area (TPSA) is 84.2 Å². The van der Waals surface area contributed by atoms with Crippen LogP contribution in [-0.2, 0) is 11.2 Å². The Labute approximate surface area is 146 Å². The lowest BCUT2D eigenvalue weighted by molar-refractivity contribution is -0.115. The van der Waals surface area contributed by atoms with E-state index in [0.29, 0.717) is 22.1 Å². The summed E-state index contributed by atoms with van der Waals surface area (Å²) in [6, 6.07) is 7.30. The minimum Gasteiger partial charge on any atom is -0.459 e. The van der Waals surface area contributed by atoms with Crippen molar-refractivity contribution in [3.8, 4) is 0 Å². The molecule has 0 fully saturated rings. The van der Waals surface area contributed by atoms with Crippen LogP contribution in [0.3, 0.4) is 0 Å². The molecule has 0 spiro atoms. The van der Waals surface area contributed by atoms with Crippen molar-refractivity contribution in [2.45, 2.75) is 13.3 Å². The Kier molecular flexibility index (Phi) is 4.90. The van der Waals surface area contributed by atoms with Gasteiger partial charge >= 0.3 is 0 Å². The Morgan fingerprint density at radius 3 is 2.84 bits per heavy atom. The largest absolute Gasteiger partial charge is 0.459 e. The van der Waals surface area contributed by atoms with Crippen LogP contribution >= 0.6 is 11.3 Å². The summed E-state index contributed by atoms with van der Waals surface area (Å²) in [5, 5.41) is 7.39. The Balaban J connectivity index is 1.59. The fourth-order valence-corrected chi connectivity index (χ4v) is 2.84. The van der Waals surface area contributed by atoms with Gasteiger partial charge in [-0.25, -0.2) is 9.37 Å². The third kappa shape index (κ3) is 4.30. The molecule has 2 heterocycles. The molecule has 0 saturated heterocycles. The van der Waals surface area contributed by atoms with E-state index in [1.807, 2.05) is 0 Å². The van der Waals surface area contributed by atoms with Gasteiger partial charge in [0.25, 0.3) is 5.91 Å². The molecule has 0 unspecified atom stereocenters. The third-order valence-corrected chi connectivity index (χ3v) is 4.13. The summed E-state index contributed by atoms with van der Waals surface area (Å²) in [5.41, 5.74) is 1.71. The second kappa shape index (κ2) is 7.27. The molecule has 0 atom stereocenters. The van der Waals surface area contributed by atoms with Crippen LogP contribution < -0.4 is 10.6 Å². The monoisotopic (exact) mass is 359 g/mol. The Hall–Kier alpha value is -3.00. The molecule has 25 heavy (non-hydrogen) atoms. The summed E-state index contributed by atoms with van der Waals surface area (Å²) in [7, 11) is 0. The molecule has 2 N–H and O–H groups in total. The van der Waals surface area contributed by atoms with E-state index < -0.39 is 5.91 Å². The van der Waals surface area contributed by atoms with Gasteiger partial charge in [-0.3, -0.25) is 14.9 Å². The van der Waals surface area contributed by atoms with Gasteiger partial charge in [0, 0.05) is 11.1 Å². The van der Waals surface area contributed by atoms with E-state index in [2.05, 4.69) is 15.6 Å². The van der Waals surface area contributed by atoms with Crippen LogP contribution in [-0.4, -0.2) is 16.8 Å². The standard InChI is InChI=1S/C17H14FN3O3S/c1-10-7-11(18)4-5-13(10)20-15(22)8-12-9-25-17(19-12)21-16(23)14-3-2-6-24-14/h2-7,9H,8H2,1H3,(H,20,22)(H,19,21,23). The van der Waals surface area contributed by atoms with Crippen LogP contribution in [0.5, 0.6) is 0 Å². The number of anilines is 2. The number of carbonyl (C=O) groups is 2. The quantitative estimate of drug-likeness (QED) is 0.729. The normalized spacial score (nSPS) is 10.5. The van der Waals surface area contributed by atoms with Crippen molar-refractivity contribution in [2.24, 2.45) is 0 Å². The van der Waals surface area contributed by atoms with Crippen LogP contribution in [0.4, 0.5) is 15.2 Å². The number of aromatic nitrogens is 1. The van der Waals surface area contributed by atoms with Gasteiger partial charge in [-0.2, -0.15) is 0 Å². The summed E-state index contributed by atoms with van der Waals surface area (Å²) in [6.45, 7) is 1.71. The van der Waals surface area contributed by atoms with Crippen LogP contribution in [0.1, 0.15) is 21.8 Å². The van der Waals surface area contributed by atoms with Gasteiger partial charge in [-0.05, 0) is 42.8 Å². The Morgan fingerprint density at radius 1 is 1.28 bits per heavy atom. The highest BCUT2D eigenvalue weighted by Crippen LogP contribution is 2.19. The summed E-state index contributed by atoms with van der Waals surface area (Å²) < 4.78 is 18.1. The zero-order valence-electron chi connectivity index (χ0n) is 13.2. The van der Waals surface area contributed by atoms with Gasteiger partial charge in [-0.15, -0.1) is 11.3 Å². The van der Waals surface area contributed by atoms with Crippen molar-refractivity contribution in [1.82, 2.24) is 4.98 Å². The fraction of sp³-hybridized carbons (Fsp3) is 0.118. The van der Waals surface area contributed by atoms with Crippen LogP contribution in [0.15, 0.2) is 46.4 Å². The molecule has 0 aliphatic rings. The lowest BCUT2D eigenvalue weighted by Crippen LogP contribution is -2.15. The average Bonchev–Trinajstić information content (AvgIpc) is 3.22. The van der Waals surface area contributed by atoms with E-state index in [1.165, 1.54) is 35.8 Å². The Bertz CT molecular complexity index is 906. The number of amides is 2. The number of rotatable bonds is 5. The number of hydrogen-bond acceptors (Lipinski definition) is 5. The molecule has 128 valence electrons. The number of aryl methyl sites for hydroxylation is 1. The van der Waals surface area contributed by atoms with Gasteiger partial charge in [0.2, 0.25) is 5.91 Å². The van der Waals surface area contributed by atoms with Crippen molar-refractivity contribution < 1.29 is 18.4 Å². The van der Waals surface area contributed by atoms with Crippen molar-refractivity contribution in [3.63, 3.8) is 0 Å². The van der Waals surface area contributed by atoms with Crippen molar-refractivity contribution in [3.05, 3.63) is 64.8 Å². The van der Waals surface area contributed by atoms with Gasteiger partial charge in [0.1, 0.15) is 5.82 Å². The number of benzene rings is 1. The molecule has 6 nitrogen and oxygen atoms in total. The first-order chi connectivity index (χ1) is 12.0. The number of halogens is 1. The highest BCUT2D eigenvalue weighted by molar-refractivity contribution is 7.14. The van der Waals surface area contributed by atoms with Crippen LogP contribution in [0.2, 0.25) is 0 Å². The highest BCUT2D eigenvalue weighted by Gasteiger charge is 2.13. The van der Waals surface area contributed by atoms with E-state index in [1.54, 1.807) is 24.4 Å². The molecule has 2 amide bonds. The molecule has 0 saturated carbocycles. The van der Waals surface area contributed by atoms with Gasteiger partial charge in [-0.1, -0.05) is 0 Å². The molecular formula is C17H14FN3O3S. The van der Waals surface area contributed by atoms with Crippen LogP contribution in [0.25, 0.3) is 0 Å². The van der Waals surface area contributed by atoms with Gasteiger partial charge in [0.15, 0.2) is 10.9 Å². The summed E-state index contributed by atoms with van der Waals surface area (Å²) in [5.74, 6) is -0.852. The summed E-state index contributed by atoms with van der Waals surface area (Å²) in [6.07, 6.45) is 1.45. The van der Waals surface area contributed by atoms with Gasteiger partial charge < -0.3 is 9.73 Å². The molecule has 3 rings (SSSR count). The maximum absolute atomic E-state index is 13.1. The second-order valence-corrected chi connectivity index (χ2v) is 6.12. The molecule has 1 aromatic carbocycles. The molecular weight excluding hydrogens is 345 g/mol. The number of hydrogen-bond donors (Lipinski definition) is 2. The molecule has 0 aliphatic heterocycles. The smallest absolute Gasteiger partial charge is 0.293 e. The van der Waals surface area contributed by atoms with Crippen molar-refractivity contribution in [1.29, 1.82) is 0 Å². The third-order valence-electron chi connectivity index (χ3n) is 3.32. The predicted molar refractivity (Wildman–Crippen MR) is 92.2 cm³/mol. The summed E-state index contributed by atoms with van der Waals surface area (Å²) >= 11 is 1.21. The number of furan rings is 1. The first-order valence-electron chi connectivity index (χ1n) is 7.36. The minimum atomic E-state index is -0.405. The van der Waals surface area contributed by atoms with Crippen molar-refractivity contribution >= 4 is 34.0 Å². The predicted octanol–water partition coefficient (Wildman–Crippen LogP) is 3.62. The first-order valence-corrected chi connectivity index (χ1v) is 8.24. The SMILES string of the molecule is Cc1cc(F)ccc1NC(=O)Cc1csc(NC(=O)c2ccco2)n1. The molecule has 0 aliphatic carbocycles. The van der Waals surface area contributed by atoms with E-state index in [9.17, 15) is 14.0 Å². The maximum atomic E-state index is 13.1. The number of carbonyl (C=O) groups excluding carboxylic acids is 2. The maximum Gasteiger partial charge on any atom is 0.293 e. The molecule has 0 radical (unpaired) electrons. The lowest BCUT2D eigenvalue weighted by atomic mass is 10.2. The van der Waals surface area contributed by atoms with E-state index in [0.717, 1.165) is 0 Å². The molecule has 8 heteroatoms. The fourth-order valence-electron chi connectivity index (χ4n) is 2.14. The lowest BCUT2D eigenvalue weighted by Gasteiger charge is -2.07. The van der Waals surface area contributed by atoms with E-state index in [-0.39, 0.29) is 23.9 Å².